The molecule has 2 N–H and O–H groups in total. The molecular formula is C19H17FN4O. The van der Waals surface area contributed by atoms with Gasteiger partial charge in [-0.2, -0.15) is 0 Å². The summed E-state index contributed by atoms with van der Waals surface area (Å²) >= 11 is 0. The van der Waals surface area contributed by atoms with Gasteiger partial charge in [0.2, 0.25) is 5.95 Å². The topological polar surface area (TPSA) is 66.9 Å². The van der Waals surface area contributed by atoms with Gasteiger partial charge in [-0.05, 0) is 48.9 Å². The van der Waals surface area contributed by atoms with Crippen LogP contribution in [0.1, 0.15) is 28.9 Å². The van der Waals surface area contributed by atoms with Crippen molar-refractivity contribution in [1.29, 1.82) is 0 Å². The zero-order chi connectivity index (χ0) is 17.6. The summed E-state index contributed by atoms with van der Waals surface area (Å²) in [6.07, 6.45) is 3.27. The molecule has 3 rings (SSSR count). The molecule has 0 saturated heterocycles. The number of carbonyl (C=O) groups excluding carboxylic acids is 1. The molecule has 25 heavy (non-hydrogen) atoms. The van der Waals surface area contributed by atoms with Gasteiger partial charge in [0.05, 0.1) is 6.04 Å². The van der Waals surface area contributed by atoms with Crippen molar-refractivity contribution in [3.8, 4) is 0 Å². The second-order valence-electron chi connectivity index (χ2n) is 5.52. The second kappa shape index (κ2) is 7.53. The molecule has 2 aromatic carbocycles. The number of hydrogen-bond donors (Lipinski definition) is 2. The Morgan fingerprint density at radius 3 is 2.48 bits per heavy atom. The van der Waals surface area contributed by atoms with Crippen molar-refractivity contribution in [2.24, 2.45) is 0 Å². The molecule has 0 aliphatic heterocycles. The number of nitrogens with one attached hydrogen (secondary N) is 2. The quantitative estimate of drug-likeness (QED) is 0.743. The Balaban J connectivity index is 1.69. The van der Waals surface area contributed by atoms with E-state index in [9.17, 15) is 9.18 Å². The van der Waals surface area contributed by atoms with E-state index in [4.69, 9.17) is 0 Å². The van der Waals surface area contributed by atoms with Crippen LogP contribution in [0.3, 0.4) is 0 Å². The lowest BCUT2D eigenvalue weighted by molar-refractivity contribution is 0.0940. The van der Waals surface area contributed by atoms with E-state index in [1.54, 1.807) is 48.8 Å². The van der Waals surface area contributed by atoms with Crippen LogP contribution in [0.2, 0.25) is 0 Å². The predicted molar refractivity (Wildman–Crippen MR) is 94.0 cm³/mol. The van der Waals surface area contributed by atoms with Crippen molar-refractivity contribution < 1.29 is 9.18 Å². The predicted octanol–water partition coefficient (Wildman–Crippen LogP) is 3.85. The molecule has 126 valence electrons. The van der Waals surface area contributed by atoms with Gasteiger partial charge in [0.1, 0.15) is 5.82 Å². The van der Waals surface area contributed by atoms with Gasteiger partial charge in [-0.15, -0.1) is 0 Å². The second-order valence-corrected chi connectivity index (χ2v) is 5.52. The summed E-state index contributed by atoms with van der Waals surface area (Å²) in [6.45, 7) is 1.85. The fraction of sp³-hybridized carbons (Fsp3) is 0.105. The van der Waals surface area contributed by atoms with Gasteiger partial charge in [-0.3, -0.25) is 4.79 Å². The van der Waals surface area contributed by atoms with Crippen LogP contribution in [0.25, 0.3) is 0 Å². The molecule has 3 aromatic rings. The van der Waals surface area contributed by atoms with E-state index in [0.29, 0.717) is 17.2 Å². The molecule has 0 fully saturated rings. The minimum Gasteiger partial charge on any atom is -0.346 e. The molecule has 1 amide bonds. The first-order valence-corrected chi connectivity index (χ1v) is 7.82. The van der Waals surface area contributed by atoms with Gasteiger partial charge in [0.15, 0.2) is 0 Å². The number of benzene rings is 2. The Morgan fingerprint density at radius 2 is 1.76 bits per heavy atom. The average molecular weight is 336 g/mol. The van der Waals surface area contributed by atoms with Crippen molar-refractivity contribution in [1.82, 2.24) is 15.3 Å². The maximum absolute atomic E-state index is 13.0. The number of amides is 1. The van der Waals surface area contributed by atoms with E-state index in [-0.39, 0.29) is 17.8 Å². The number of carbonyl (C=O) groups is 1. The summed E-state index contributed by atoms with van der Waals surface area (Å²) in [4.78, 5) is 20.6. The molecule has 1 heterocycles. The van der Waals surface area contributed by atoms with Crippen LogP contribution in [0.4, 0.5) is 16.0 Å². The highest BCUT2D eigenvalue weighted by Crippen LogP contribution is 2.17. The Hall–Kier alpha value is -3.28. The fourth-order valence-corrected chi connectivity index (χ4v) is 2.35. The average Bonchev–Trinajstić information content (AvgIpc) is 2.63. The van der Waals surface area contributed by atoms with Gasteiger partial charge in [0, 0.05) is 23.6 Å². The summed E-state index contributed by atoms with van der Waals surface area (Å²) in [5.74, 6) is -0.0571. The van der Waals surface area contributed by atoms with Crippen LogP contribution >= 0.6 is 0 Å². The highest BCUT2D eigenvalue weighted by Gasteiger charge is 2.12. The first kappa shape index (κ1) is 16.6. The molecule has 0 radical (unpaired) electrons. The molecule has 5 nitrogen and oxygen atoms in total. The molecule has 0 saturated carbocycles. The van der Waals surface area contributed by atoms with Crippen molar-refractivity contribution >= 4 is 17.5 Å². The normalized spacial score (nSPS) is 11.6. The van der Waals surface area contributed by atoms with E-state index in [1.165, 1.54) is 12.1 Å². The van der Waals surface area contributed by atoms with Gasteiger partial charge in [-0.1, -0.05) is 18.2 Å². The van der Waals surface area contributed by atoms with Gasteiger partial charge in [-0.25, -0.2) is 14.4 Å². The Bertz CT molecular complexity index is 853. The van der Waals surface area contributed by atoms with Crippen molar-refractivity contribution in [2.45, 2.75) is 13.0 Å². The van der Waals surface area contributed by atoms with Crippen LogP contribution in [0.15, 0.2) is 67.0 Å². The highest BCUT2D eigenvalue weighted by molar-refractivity contribution is 5.95. The van der Waals surface area contributed by atoms with Gasteiger partial charge < -0.3 is 10.6 Å². The Kier molecular flexibility index (Phi) is 4.99. The van der Waals surface area contributed by atoms with Crippen molar-refractivity contribution in [3.63, 3.8) is 0 Å². The zero-order valence-corrected chi connectivity index (χ0v) is 13.6. The van der Waals surface area contributed by atoms with E-state index in [1.807, 2.05) is 13.0 Å². The molecule has 0 aliphatic rings. The maximum Gasteiger partial charge on any atom is 0.251 e. The maximum atomic E-state index is 13.0. The van der Waals surface area contributed by atoms with Crippen LogP contribution in [-0.4, -0.2) is 15.9 Å². The summed E-state index contributed by atoms with van der Waals surface area (Å²) in [5.41, 5.74) is 2.06. The van der Waals surface area contributed by atoms with E-state index < -0.39 is 0 Å². The molecule has 1 unspecified atom stereocenters. The largest absolute Gasteiger partial charge is 0.346 e. The lowest BCUT2D eigenvalue weighted by Gasteiger charge is -2.15. The van der Waals surface area contributed by atoms with Crippen LogP contribution in [0, 0.1) is 5.82 Å². The Morgan fingerprint density at radius 1 is 1.04 bits per heavy atom. The molecule has 0 bridgehead atoms. The van der Waals surface area contributed by atoms with Crippen molar-refractivity contribution in [3.05, 3.63) is 83.9 Å². The van der Waals surface area contributed by atoms with Gasteiger partial charge in [0.25, 0.3) is 5.91 Å². The first-order valence-electron chi connectivity index (χ1n) is 7.82. The molecular weight excluding hydrogens is 319 g/mol. The SMILES string of the molecule is CC(NC(=O)c1cccc(Nc2ncccn2)c1)c1ccc(F)cc1. The number of rotatable bonds is 5. The first-order chi connectivity index (χ1) is 12.1. The third-order valence-corrected chi connectivity index (χ3v) is 3.66. The minimum absolute atomic E-state index is 0.213. The lowest BCUT2D eigenvalue weighted by Crippen LogP contribution is -2.26. The Labute approximate surface area is 145 Å². The van der Waals surface area contributed by atoms with Crippen LogP contribution in [-0.2, 0) is 0 Å². The highest BCUT2D eigenvalue weighted by atomic mass is 19.1. The van der Waals surface area contributed by atoms with Gasteiger partial charge >= 0.3 is 0 Å². The molecule has 6 heteroatoms. The smallest absolute Gasteiger partial charge is 0.251 e. The minimum atomic E-state index is -0.302. The zero-order valence-electron chi connectivity index (χ0n) is 13.6. The number of hydrogen-bond acceptors (Lipinski definition) is 4. The third-order valence-electron chi connectivity index (χ3n) is 3.66. The lowest BCUT2D eigenvalue weighted by atomic mass is 10.1. The number of halogens is 1. The molecule has 0 spiro atoms. The number of nitrogens with zero attached hydrogens (tertiary/aromatic N) is 2. The van der Waals surface area contributed by atoms with E-state index in [2.05, 4.69) is 20.6 Å². The van der Waals surface area contributed by atoms with E-state index >= 15 is 0 Å². The molecule has 1 aromatic heterocycles. The fourth-order valence-electron chi connectivity index (χ4n) is 2.35. The third kappa shape index (κ3) is 4.38. The summed E-state index contributed by atoms with van der Waals surface area (Å²) in [5, 5.41) is 5.95. The monoisotopic (exact) mass is 336 g/mol. The summed E-state index contributed by atoms with van der Waals surface area (Å²) in [7, 11) is 0. The van der Waals surface area contributed by atoms with Crippen LogP contribution < -0.4 is 10.6 Å². The standard InChI is InChI=1S/C19H17FN4O/c1-13(14-6-8-16(20)9-7-14)23-18(25)15-4-2-5-17(12-15)24-19-21-10-3-11-22-19/h2-13H,1H3,(H,23,25)(H,21,22,24). The van der Waals surface area contributed by atoms with Crippen LogP contribution in [0.5, 0.6) is 0 Å². The summed E-state index contributed by atoms with van der Waals surface area (Å²) < 4.78 is 13.0. The molecule has 1 atom stereocenters. The van der Waals surface area contributed by atoms with E-state index in [0.717, 1.165) is 5.56 Å². The number of anilines is 2. The molecule has 0 aliphatic carbocycles. The van der Waals surface area contributed by atoms with Crippen molar-refractivity contribution in [2.75, 3.05) is 5.32 Å². The summed E-state index contributed by atoms with van der Waals surface area (Å²) in [6, 6.07) is 14.6. The number of aromatic nitrogens is 2.